The van der Waals surface area contributed by atoms with Crippen molar-refractivity contribution in [1.82, 2.24) is 19.5 Å². The Kier molecular flexibility index (Phi) is 4.10. The summed E-state index contributed by atoms with van der Waals surface area (Å²) in [6.45, 7) is 3.21. The zero-order valence-electron chi connectivity index (χ0n) is 14.2. The number of hydrogen-bond donors (Lipinski definition) is 0. The van der Waals surface area contributed by atoms with Gasteiger partial charge in [-0.1, -0.05) is 0 Å². The van der Waals surface area contributed by atoms with E-state index < -0.39 is 0 Å². The quantitative estimate of drug-likeness (QED) is 0.804. The zero-order chi connectivity index (χ0) is 16.5. The predicted molar refractivity (Wildman–Crippen MR) is 89.1 cm³/mol. The molecular weight excluding hydrogens is 306 g/mol. The minimum Gasteiger partial charge on any atom is -0.481 e. The molecule has 7 heteroatoms. The number of aromatic nitrogens is 4. The summed E-state index contributed by atoms with van der Waals surface area (Å²) in [6, 6.07) is 1.87. The van der Waals surface area contributed by atoms with Gasteiger partial charge < -0.3 is 18.9 Å². The molecule has 4 rings (SSSR count). The lowest BCUT2D eigenvalue weighted by molar-refractivity contribution is 0.108. The molecule has 1 aliphatic carbocycles. The van der Waals surface area contributed by atoms with E-state index in [9.17, 15) is 0 Å². The summed E-state index contributed by atoms with van der Waals surface area (Å²) in [7, 11) is 3.68. The Balaban J connectivity index is 1.54. The largest absolute Gasteiger partial charge is 0.481 e. The molecule has 0 N–H and O–H groups in total. The highest BCUT2D eigenvalue weighted by molar-refractivity contribution is 5.44. The smallest absolute Gasteiger partial charge is 0.218 e. The highest BCUT2D eigenvalue weighted by Gasteiger charge is 2.31. The molecule has 1 fully saturated rings. The van der Waals surface area contributed by atoms with Crippen LogP contribution < -0.4 is 9.64 Å². The van der Waals surface area contributed by atoms with Gasteiger partial charge in [0.15, 0.2) is 0 Å². The van der Waals surface area contributed by atoms with Gasteiger partial charge in [-0.3, -0.25) is 0 Å². The van der Waals surface area contributed by atoms with Crippen LogP contribution >= 0.6 is 0 Å². The Morgan fingerprint density at radius 3 is 2.88 bits per heavy atom. The van der Waals surface area contributed by atoms with Gasteiger partial charge in [0, 0.05) is 37.9 Å². The molecule has 2 aromatic rings. The van der Waals surface area contributed by atoms with Gasteiger partial charge in [-0.25, -0.2) is 15.0 Å². The monoisotopic (exact) mass is 329 g/mol. The minimum absolute atomic E-state index is 0.293. The van der Waals surface area contributed by atoms with Crippen LogP contribution in [-0.2, 0) is 18.3 Å². The molecule has 0 spiro atoms. The molecule has 1 atom stereocenters. The van der Waals surface area contributed by atoms with Crippen molar-refractivity contribution in [1.29, 1.82) is 0 Å². The van der Waals surface area contributed by atoms with E-state index >= 15 is 0 Å². The van der Waals surface area contributed by atoms with E-state index in [2.05, 4.69) is 31.5 Å². The Bertz CT molecular complexity index is 713. The van der Waals surface area contributed by atoms with Crippen molar-refractivity contribution in [2.24, 2.45) is 13.0 Å². The lowest BCUT2D eigenvalue weighted by Gasteiger charge is -2.33. The molecule has 7 nitrogen and oxygen atoms in total. The molecule has 0 aromatic carbocycles. The summed E-state index contributed by atoms with van der Waals surface area (Å²) in [5.74, 6) is 2.52. The lowest BCUT2D eigenvalue weighted by Crippen LogP contribution is -2.37. The molecule has 128 valence electrons. The molecule has 1 saturated carbocycles. The highest BCUT2D eigenvalue weighted by atomic mass is 16.5. The summed E-state index contributed by atoms with van der Waals surface area (Å²) >= 11 is 0. The fourth-order valence-corrected chi connectivity index (χ4v) is 3.31. The molecular formula is C17H23N5O2. The van der Waals surface area contributed by atoms with Crippen molar-refractivity contribution in [2.45, 2.75) is 25.3 Å². The van der Waals surface area contributed by atoms with Gasteiger partial charge in [-0.05, 0) is 18.8 Å². The first-order chi connectivity index (χ1) is 11.7. The maximum absolute atomic E-state index is 5.98. The number of ether oxygens (including phenoxy) is 2. The average molecular weight is 329 g/mol. The van der Waals surface area contributed by atoms with Gasteiger partial charge in [-0.2, -0.15) is 0 Å². The van der Waals surface area contributed by atoms with Crippen molar-refractivity contribution in [3.8, 4) is 5.88 Å². The number of anilines is 1. The Hall–Kier alpha value is -2.15. The van der Waals surface area contributed by atoms with Crippen LogP contribution in [0.15, 0.2) is 18.7 Å². The van der Waals surface area contributed by atoms with Crippen LogP contribution in [0.3, 0.4) is 0 Å². The first-order valence-corrected chi connectivity index (χ1v) is 8.43. The van der Waals surface area contributed by atoms with Crippen LogP contribution in [-0.4, -0.2) is 46.4 Å². The van der Waals surface area contributed by atoms with Crippen molar-refractivity contribution in [2.75, 3.05) is 31.8 Å². The second-order valence-corrected chi connectivity index (χ2v) is 6.66. The van der Waals surface area contributed by atoms with E-state index in [0.717, 1.165) is 43.7 Å². The van der Waals surface area contributed by atoms with Crippen molar-refractivity contribution >= 4 is 5.82 Å². The van der Waals surface area contributed by atoms with Crippen molar-refractivity contribution in [3.63, 3.8) is 0 Å². The summed E-state index contributed by atoms with van der Waals surface area (Å²) in [5.41, 5.74) is 2.38. The Morgan fingerprint density at radius 1 is 1.21 bits per heavy atom. The lowest BCUT2D eigenvalue weighted by atomic mass is 9.99. The van der Waals surface area contributed by atoms with Crippen LogP contribution in [0.5, 0.6) is 5.88 Å². The van der Waals surface area contributed by atoms with Crippen LogP contribution in [0.2, 0.25) is 0 Å². The molecule has 0 bridgehead atoms. The number of aryl methyl sites for hydroxylation is 1. The maximum atomic E-state index is 5.98. The number of nitrogens with zero attached hydrogens (tertiary/aromatic N) is 5. The normalized spacial score (nSPS) is 20.1. The zero-order valence-corrected chi connectivity index (χ0v) is 14.2. The number of imidazole rings is 1. The average Bonchev–Trinajstić information content (AvgIpc) is 3.36. The topological polar surface area (TPSA) is 65.3 Å². The SMILES string of the molecule is COc1cc(N2Cc3ncn(C)c3C(COCC3CC3)C2)ncn1. The minimum atomic E-state index is 0.293. The van der Waals surface area contributed by atoms with Gasteiger partial charge in [0.05, 0.1) is 32.3 Å². The van der Waals surface area contributed by atoms with Gasteiger partial charge >= 0.3 is 0 Å². The Morgan fingerprint density at radius 2 is 2.08 bits per heavy atom. The summed E-state index contributed by atoms with van der Waals surface area (Å²) < 4.78 is 13.3. The Labute approximate surface area is 141 Å². The molecule has 1 unspecified atom stereocenters. The van der Waals surface area contributed by atoms with Gasteiger partial charge in [0.2, 0.25) is 5.88 Å². The summed E-state index contributed by atoms with van der Waals surface area (Å²) in [4.78, 5) is 15.3. The molecule has 24 heavy (non-hydrogen) atoms. The van der Waals surface area contributed by atoms with Crippen LogP contribution in [0.1, 0.15) is 30.1 Å². The molecule has 3 heterocycles. The molecule has 0 radical (unpaired) electrons. The molecule has 2 aliphatic rings. The molecule has 2 aromatic heterocycles. The highest BCUT2D eigenvalue weighted by Crippen LogP contribution is 2.32. The van der Waals surface area contributed by atoms with E-state index in [1.165, 1.54) is 18.5 Å². The first kappa shape index (κ1) is 15.4. The van der Waals surface area contributed by atoms with Crippen LogP contribution in [0.4, 0.5) is 5.82 Å². The van der Waals surface area contributed by atoms with Gasteiger partial charge in [0.25, 0.3) is 0 Å². The van der Waals surface area contributed by atoms with Gasteiger partial charge in [-0.15, -0.1) is 0 Å². The second-order valence-electron chi connectivity index (χ2n) is 6.66. The number of rotatable bonds is 6. The van der Waals surface area contributed by atoms with Crippen LogP contribution in [0, 0.1) is 5.92 Å². The fourth-order valence-electron chi connectivity index (χ4n) is 3.31. The standard InChI is InChI=1S/C17H23N5O2/c1-21-11-20-14-7-22(15-5-16(23-2)19-10-18-15)6-13(17(14)21)9-24-8-12-3-4-12/h5,10-13H,3-4,6-9H2,1-2H3. The second kappa shape index (κ2) is 6.39. The third-order valence-electron chi connectivity index (χ3n) is 4.76. The summed E-state index contributed by atoms with van der Waals surface area (Å²) in [6.07, 6.45) is 6.06. The van der Waals surface area contributed by atoms with Gasteiger partial charge in [0.1, 0.15) is 12.1 Å². The van der Waals surface area contributed by atoms with E-state index in [1.807, 2.05) is 12.4 Å². The number of methoxy groups -OCH3 is 1. The number of hydrogen-bond acceptors (Lipinski definition) is 6. The molecule has 0 saturated heterocycles. The van der Waals surface area contributed by atoms with E-state index in [0.29, 0.717) is 11.8 Å². The fraction of sp³-hybridized carbons (Fsp3) is 0.588. The summed E-state index contributed by atoms with van der Waals surface area (Å²) in [5, 5.41) is 0. The number of fused-ring (bicyclic) bond motifs is 1. The van der Waals surface area contributed by atoms with Crippen molar-refractivity contribution in [3.05, 3.63) is 30.1 Å². The third kappa shape index (κ3) is 3.08. The predicted octanol–water partition coefficient (Wildman–Crippen LogP) is 1.75. The van der Waals surface area contributed by atoms with Crippen molar-refractivity contribution < 1.29 is 9.47 Å². The first-order valence-electron chi connectivity index (χ1n) is 8.43. The van der Waals surface area contributed by atoms with Crippen LogP contribution in [0.25, 0.3) is 0 Å². The third-order valence-corrected chi connectivity index (χ3v) is 4.76. The molecule has 0 amide bonds. The molecule has 1 aliphatic heterocycles. The van der Waals surface area contributed by atoms with E-state index in [1.54, 1.807) is 13.4 Å². The maximum Gasteiger partial charge on any atom is 0.218 e. The van der Waals surface area contributed by atoms with E-state index in [-0.39, 0.29) is 0 Å². The van der Waals surface area contributed by atoms with E-state index in [4.69, 9.17) is 9.47 Å².